The smallest absolute Gasteiger partial charge is 0.227 e. The third-order valence-electron chi connectivity index (χ3n) is 3.69. The Kier molecular flexibility index (Phi) is 7.32. The van der Waals surface area contributed by atoms with E-state index in [1.807, 2.05) is 31.3 Å². The predicted molar refractivity (Wildman–Crippen MR) is 93.4 cm³/mol. The molecule has 0 aromatic heterocycles. The number of amides is 2. The fourth-order valence-electron chi connectivity index (χ4n) is 2.48. The summed E-state index contributed by atoms with van der Waals surface area (Å²) in [4.78, 5) is 28.0. The number of halogens is 2. The Bertz CT molecular complexity index is 541. The quantitative estimate of drug-likeness (QED) is 0.835. The zero-order valence-electron chi connectivity index (χ0n) is 12.7. The monoisotopic (exact) mass is 389 g/mol. The fraction of sp³-hybridized carbons (Fsp3) is 0.467. The Balaban J connectivity index is 0.00000242. The minimum absolute atomic E-state index is 0. The third-order valence-corrected chi connectivity index (χ3v) is 4.36. The molecular formula is C15H21BrClN3O2. The molecule has 22 heavy (non-hydrogen) atoms. The van der Waals surface area contributed by atoms with Crippen molar-refractivity contribution in [2.24, 2.45) is 5.92 Å². The number of hydrogen-bond acceptors (Lipinski definition) is 3. The van der Waals surface area contributed by atoms with Crippen molar-refractivity contribution in [2.45, 2.75) is 6.42 Å². The molecule has 0 radical (unpaired) electrons. The van der Waals surface area contributed by atoms with Gasteiger partial charge in [-0.1, -0.05) is 12.1 Å². The van der Waals surface area contributed by atoms with E-state index in [-0.39, 0.29) is 36.6 Å². The number of nitrogens with zero attached hydrogens (tertiary/aromatic N) is 2. The summed E-state index contributed by atoms with van der Waals surface area (Å²) in [5.74, 6) is -0.220. The van der Waals surface area contributed by atoms with Crippen molar-refractivity contribution in [2.75, 3.05) is 38.6 Å². The summed E-state index contributed by atoms with van der Waals surface area (Å²) in [7, 11) is 3.64. The van der Waals surface area contributed by atoms with E-state index in [1.165, 1.54) is 0 Å². The van der Waals surface area contributed by atoms with E-state index >= 15 is 0 Å². The Labute approximate surface area is 145 Å². The van der Waals surface area contributed by atoms with Crippen molar-refractivity contribution in [1.82, 2.24) is 10.2 Å². The summed E-state index contributed by atoms with van der Waals surface area (Å²) in [6, 6.07) is 7.58. The van der Waals surface area contributed by atoms with Crippen LogP contribution in [0.2, 0.25) is 0 Å². The number of carbonyl (C=O) groups excluding carboxylic acids is 2. The van der Waals surface area contributed by atoms with Crippen LogP contribution < -0.4 is 10.2 Å². The van der Waals surface area contributed by atoms with Crippen LogP contribution in [0.25, 0.3) is 0 Å². The van der Waals surface area contributed by atoms with Crippen LogP contribution in [0.5, 0.6) is 0 Å². The first-order chi connectivity index (χ1) is 10.0. The highest BCUT2D eigenvalue weighted by Gasteiger charge is 2.36. The van der Waals surface area contributed by atoms with E-state index < -0.39 is 0 Å². The van der Waals surface area contributed by atoms with Crippen molar-refractivity contribution in [3.05, 3.63) is 28.7 Å². The van der Waals surface area contributed by atoms with Gasteiger partial charge in [0.05, 0.1) is 11.6 Å². The van der Waals surface area contributed by atoms with Crippen molar-refractivity contribution in [3.63, 3.8) is 0 Å². The lowest BCUT2D eigenvalue weighted by Gasteiger charge is -2.21. The van der Waals surface area contributed by atoms with Crippen LogP contribution >= 0.6 is 28.3 Å². The first-order valence-electron chi connectivity index (χ1n) is 6.99. The van der Waals surface area contributed by atoms with E-state index in [1.54, 1.807) is 16.8 Å². The molecule has 0 spiro atoms. The molecule has 1 fully saturated rings. The molecule has 0 saturated carbocycles. The summed E-state index contributed by atoms with van der Waals surface area (Å²) in [5.41, 5.74) is 0.829. The maximum Gasteiger partial charge on any atom is 0.227 e. The lowest BCUT2D eigenvalue weighted by molar-refractivity contribution is -0.134. The molecule has 1 atom stereocenters. The van der Waals surface area contributed by atoms with E-state index in [2.05, 4.69) is 21.2 Å². The van der Waals surface area contributed by atoms with Crippen molar-refractivity contribution < 1.29 is 9.59 Å². The van der Waals surface area contributed by atoms with Crippen LogP contribution in [-0.4, -0.2) is 50.4 Å². The second-order valence-electron chi connectivity index (χ2n) is 5.22. The molecule has 5 nitrogen and oxygen atoms in total. The van der Waals surface area contributed by atoms with Gasteiger partial charge in [0.1, 0.15) is 0 Å². The maximum atomic E-state index is 12.4. The average molecular weight is 391 g/mol. The number of carbonyl (C=O) groups is 2. The first kappa shape index (κ1) is 18.9. The molecule has 1 aliphatic heterocycles. The number of anilines is 1. The molecule has 1 aromatic carbocycles. The molecule has 1 heterocycles. The summed E-state index contributed by atoms with van der Waals surface area (Å²) in [6.45, 7) is 1.84. The van der Waals surface area contributed by atoms with Crippen LogP contribution in [0, 0.1) is 5.92 Å². The van der Waals surface area contributed by atoms with Gasteiger partial charge in [-0.2, -0.15) is 0 Å². The predicted octanol–water partition coefficient (Wildman–Crippen LogP) is 1.90. The number of para-hydroxylation sites is 1. The lowest BCUT2D eigenvalue weighted by Crippen LogP contribution is -2.38. The van der Waals surface area contributed by atoms with Crippen LogP contribution in [-0.2, 0) is 9.59 Å². The van der Waals surface area contributed by atoms with Gasteiger partial charge in [-0.3, -0.25) is 9.59 Å². The van der Waals surface area contributed by atoms with Crippen LogP contribution in [0.3, 0.4) is 0 Å². The molecule has 122 valence electrons. The molecular weight excluding hydrogens is 370 g/mol. The summed E-state index contributed by atoms with van der Waals surface area (Å²) in [6.07, 6.45) is 0.282. The van der Waals surface area contributed by atoms with Crippen LogP contribution in [0.4, 0.5) is 5.69 Å². The topological polar surface area (TPSA) is 52.7 Å². The summed E-state index contributed by atoms with van der Waals surface area (Å²) >= 11 is 3.46. The Morgan fingerprint density at radius 2 is 2.14 bits per heavy atom. The van der Waals surface area contributed by atoms with Crippen molar-refractivity contribution in [1.29, 1.82) is 0 Å². The third kappa shape index (κ3) is 4.21. The first-order valence-corrected chi connectivity index (χ1v) is 7.78. The van der Waals surface area contributed by atoms with Gasteiger partial charge in [-0.15, -0.1) is 12.4 Å². The molecule has 0 bridgehead atoms. The molecule has 1 saturated heterocycles. The fourth-order valence-corrected chi connectivity index (χ4v) is 2.98. The Hall–Kier alpha value is -1.11. The molecule has 7 heteroatoms. The Morgan fingerprint density at radius 3 is 2.77 bits per heavy atom. The standard InChI is InChI=1S/C15H20BrN3O2.ClH/c1-17-7-8-18(2)15(21)11-9-14(20)19(10-11)13-6-4-3-5-12(13)16;/h3-6,11,17H,7-10H2,1-2H3;1H. The Morgan fingerprint density at radius 1 is 1.45 bits per heavy atom. The van der Waals surface area contributed by atoms with E-state index in [0.717, 1.165) is 16.7 Å². The van der Waals surface area contributed by atoms with E-state index in [9.17, 15) is 9.59 Å². The van der Waals surface area contributed by atoms with Gasteiger partial charge < -0.3 is 15.1 Å². The van der Waals surface area contributed by atoms with Crippen LogP contribution in [0.1, 0.15) is 6.42 Å². The van der Waals surface area contributed by atoms with Crippen LogP contribution in [0.15, 0.2) is 28.7 Å². The zero-order chi connectivity index (χ0) is 15.4. The molecule has 1 aliphatic rings. The maximum absolute atomic E-state index is 12.4. The minimum atomic E-state index is -0.258. The van der Waals surface area contributed by atoms with Gasteiger partial charge in [0.25, 0.3) is 0 Å². The number of likely N-dealkylation sites (N-methyl/N-ethyl adjacent to an activating group) is 2. The molecule has 0 aliphatic carbocycles. The molecule has 1 N–H and O–H groups in total. The minimum Gasteiger partial charge on any atom is -0.344 e. The number of hydrogen-bond donors (Lipinski definition) is 1. The van der Waals surface area contributed by atoms with Crippen molar-refractivity contribution in [3.8, 4) is 0 Å². The van der Waals surface area contributed by atoms with E-state index in [0.29, 0.717) is 13.1 Å². The number of rotatable bonds is 5. The van der Waals surface area contributed by atoms with Gasteiger partial charge in [0, 0.05) is 37.6 Å². The van der Waals surface area contributed by atoms with Gasteiger partial charge in [0.2, 0.25) is 11.8 Å². The second kappa shape index (κ2) is 8.50. The highest BCUT2D eigenvalue weighted by atomic mass is 79.9. The van der Waals surface area contributed by atoms with E-state index in [4.69, 9.17) is 0 Å². The largest absolute Gasteiger partial charge is 0.344 e. The van der Waals surface area contributed by atoms with Gasteiger partial charge in [0.15, 0.2) is 0 Å². The van der Waals surface area contributed by atoms with Gasteiger partial charge >= 0.3 is 0 Å². The highest BCUT2D eigenvalue weighted by Crippen LogP contribution is 2.31. The highest BCUT2D eigenvalue weighted by molar-refractivity contribution is 9.10. The SMILES string of the molecule is CNCCN(C)C(=O)C1CC(=O)N(c2ccccc2Br)C1.Cl. The average Bonchev–Trinajstić information content (AvgIpc) is 2.86. The molecule has 1 aromatic rings. The van der Waals surface area contributed by atoms with Gasteiger partial charge in [-0.05, 0) is 35.1 Å². The zero-order valence-corrected chi connectivity index (χ0v) is 15.1. The number of benzene rings is 1. The second-order valence-corrected chi connectivity index (χ2v) is 6.07. The summed E-state index contributed by atoms with van der Waals surface area (Å²) < 4.78 is 0.870. The molecule has 2 rings (SSSR count). The molecule has 1 unspecified atom stereocenters. The van der Waals surface area contributed by atoms with Crippen molar-refractivity contribution >= 4 is 45.8 Å². The van der Waals surface area contributed by atoms with Gasteiger partial charge in [-0.25, -0.2) is 0 Å². The normalized spacial score (nSPS) is 17.3. The molecule has 2 amide bonds. The lowest BCUT2D eigenvalue weighted by atomic mass is 10.1. The number of nitrogens with one attached hydrogen (secondary N) is 1. The summed E-state index contributed by atoms with van der Waals surface area (Å²) in [5, 5.41) is 3.02.